The summed E-state index contributed by atoms with van der Waals surface area (Å²) >= 11 is 5.91. The minimum atomic E-state index is -0.651. The Morgan fingerprint density at radius 3 is 2.75 bits per heavy atom. The van der Waals surface area contributed by atoms with Crippen LogP contribution in [0, 0.1) is 10.1 Å². The Hall–Kier alpha value is -3.69. The number of pyridine rings is 1. The average Bonchev–Trinajstić information content (AvgIpc) is 3.16. The first-order valence-corrected chi connectivity index (χ1v) is 10.0. The van der Waals surface area contributed by atoms with Crippen molar-refractivity contribution >= 4 is 45.1 Å². The van der Waals surface area contributed by atoms with Gasteiger partial charge >= 0.3 is 11.7 Å². The summed E-state index contributed by atoms with van der Waals surface area (Å²) in [6.45, 7) is 1.94. The summed E-state index contributed by atoms with van der Waals surface area (Å²) in [4.78, 5) is 31.3. The van der Waals surface area contributed by atoms with E-state index in [0.29, 0.717) is 16.5 Å². The summed E-state index contributed by atoms with van der Waals surface area (Å²) in [6, 6.07) is 11.5. The van der Waals surface area contributed by atoms with Crippen LogP contribution < -0.4 is 4.74 Å². The fraction of sp³-hybridized carbons (Fsp3) is 0.182. The molecule has 164 valence electrons. The number of aromatic nitrogens is 2. The molecule has 9 nitrogen and oxygen atoms in total. The summed E-state index contributed by atoms with van der Waals surface area (Å²) in [5.74, 6) is -0.729. The van der Waals surface area contributed by atoms with E-state index < -0.39 is 10.9 Å². The van der Waals surface area contributed by atoms with Gasteiger partial charge in [-0.05, 0) is 25.1 Å². The number of nitrogens with zero attached hydrogens (tertiary/aromatic N) is 2. The van der Waals surface area contributed by atoms with E-state index in [1.165, 1.54) is 25.3 Å². The second-order valence-electron chi connectivity index (χ2n) is 6.79. The van der Waals surface area contributed by atoms with E-state index in [9.17, 15) is 14.9 Å². The zero-order valence-electron chi connectivity index (χ0n) is 17.2. The third kappa shape index (κ3) is 3.83. The average molecular weight is 456 g/mol. The number of carbonyl (C=O) groups is 1. The van der Waals surface area contributed by atoms with Crippen molar-refractivity contribution in [2.45, 2.75) is 13.5 Å². The number of nitro groups is 1. The second kappa shape index (κ2) is 8.81. The number of aromatic amines is 1. The van der Waals surface area contributed by atoms with E-state index in [0.717, 1.165) is 10.9 Å². The quantitative estimate of drug-likeness (QED) is 0.225. The van der Waals surface area contributed by atoms with Crippen molar-refractivity contribution < 1.29 is 23.9 Å². The van der Waals surface area contributed by atoms with Gasteiger partial charge in [0.25, 0.3) is 0 Å². The van der Waals surface area contributed by atoms with Crippen molar-refractivity contribution in [3.05, 3.63) is 68.9 Å². The molecule has 0 saturated carbocycles. The zero-order chi connectivity index (χ0) is 22.8. The van der Waals surface area contributed by atoms with Gasteiger partial charge in [0, 0.05) is 40.1 Å². The van der Waals surface area contributed by atoms with Crippen molar-refractivity contribution in [1.29, 1.82) is 0 Å². The van der Waals surface area contributed by atoms with Crippen LogP contribution in [0.3, 0.4) is 0 Å². The number of esters is 1. The summed E-state index contributed by atoms with van der Waals surface area (Å²) in [7, 11) is 1.51. The highest BCUT2D eigenvalue weighted by Crippen LogP contribution is 2.39. The molecule has 0 radical (unpaired) electrons. The van der Waals surface area contributed by atoms with Gasteiger partial charge < -0.3 is 19.2 Å². The lowest BCUT2D eigenvalue weighted by molar-refractivity contribution is -0.385. The topological polar surface area (TPSA) is 117 Å². The molecule has 10 heteroatoms. The molecular weight excluding hydrogens is 438 g/mol. The van der Waals surface area contributed by atoms with Gasteiger partial charge in [0.05, 0.1) is 18.1 Å². The number of fused-ring (bicyclic) bond motifs is 3. The Bertz CT molecular complexity index is 1350. The molecule has 2 aromatic heterocycles. The Balaban J connectivity index is 2.02. The maximum atomic E-state index is 12.7. The number of benzene rings is 2. The number of methoxy groups -OCH3 is 1. The van der Waals surface area contributed by atoms with E-state index in [2.05, 4.69) is 9.97 Å². The normalized spacial score (nSPS) is 11.1. The van der Waals surface area contributed by atoms with Crippen LogP contribution in [0.4, 0.5) is 5.69 Å². The number of ether oxygens (including phenoxy) is 3. The molecule has 0 aliphatic rings. The largest absolute Gasteiger partial charge is 0.461 e. The first-order chi connectivity index (χ1) is 15.4. The monoisotopic (exact) mass is 455 g/mol. The van der Waals surface area contributed by atoms with E-state index in [1.807, 2.05) is 24.3 Å². The molecule has 0 fully saturated rings. The number of halogens is 1. The molecule has 4 rings (SSSR count). The molecule has 0 aliphatic carbocycles. The van der Waals surface area contributed by atoms with E-state index in [-0.39, 0.29) is 41.2 Å². The molecule has 2 aromatic carbocycles. The van der Waals surface area contributed by atoms with E-state index in [4.69, 9.17) is 25.8 Å². The first kappa shape index (κ1) is 21.5. The number of rotatable bonds is 7. The van der Waals surface area contributed by atoms with Crippen molar-refractivity contribution in [3.8, 4) is 11.6 Å². The summed E-state index contributed by atoms with van der Waals surface area (Å²) < 4.78 is 16.4. The molecule has 0 atom stereocenters. The van der Waals surface area contributed by atoms with Gasteiger partial charge in [-0.15, -0.1) is 0 Å². The Labute approximate surface area is 187 Å². The van der Waals surface area contributed by atoms with Gasteiger partial charge in [0.2, 0.25) is 11.6 Å². The van der Waals surface area contributed by atoms with E-state index in [1.54, 1.807) is 6.92 Å². The van der Waals surface area contributed by atoms with Crippen molar-refractivity contribution in [1.82, 2.24) is 9.97 Å². The standard InChI is InChI=1S/C22H18ClN3O6/c1-3-31-22(27)19-14(11-30-2)18-13-6-4-5-7-15(13)24-20(18)21(25-19)32-17-9-8-12(23)10-16(17)26(28)29/h4-10,24H,3,11H2,1-2H3. The molecule has 0 aliphatic heterocycles. The van der Waals surface area contributed by atoms with E-state index >= 15 is 0 Å². The van der Waals surface area contributed by atoms with Gasteiger partial charge in [0.1, 0.15) is 5.52 Å². The van der Waals surface area contributed by atoms with Crippen LogP contribution in [-0.4, -0.2) is 34.6 Å². The first-order valence-electron chi connectivity index (χ1n) is 9.65. The molecule has 0 spiro atoms. The lowest BCUT2D eigenvalue weighted by Crippen LogP contribution is -2.12. The van der Waals surface area contributed by atoms with Crippen LogP contribution in [0.15, 0.2) is 42.5 Å². The summed E-state index contributed by atoms with van der Waals surface area (Å²) in [5.41, 5.74) is 1.45. The predicted octanol–water partition coefficient (Wildman–Crippen LogP) is 5.39. The lowest BCUT2D eigenvalue weighted by atomic mass is 10.1. The molecule has 2 heterocycles. The molecular formula is C22H18ClN3O6. The van der Waals surface area contributed by atoms with Gasteiger partial charge in [-0.25, -0.2) is 9.78 Å². The Kier molecular flexibility index (Phi) is 5.93. The van der Waals surface area contributed by atoms with Crippen molar-refractivity contribution in [2.24, 2.45) is 0 Å². The number of nitrogens with one attached hydrogen (secondary N) is 1. The molecule has 32 heavy (non-hydrogen) atoms. The number of carbonyl (C=O) groups excluding carboxylic acids is 1. The summed E-state index contributed by atoms with van der Waals surface area (Å²) in [5, 5.41) is 13.2. The second-order valence-corrected chi connectivity index (χ2v) is 7.23. The maximum Gasteiger partial charge on any atom is 0.357 e. The number of hydrogen-bond donors (Lipinski definition) is 1. The molecule has 0 bridgehead atoms. The number of H-pyrrole nitrogens is 1. The number of hydrogen-bond acceptors (Lipinski definition) is 7. The predicted molar refractivity (Wildman–Crippen MR) is 118 cm³/mol. The molecule has 1 N–H and O–H groups in total. The van der Waals surface area contributed by atoms with Crippen LogP contribution in [0.2, 0.25) is 5.02 Å². The maximum absolute atomic E-state index is 12.7. The molecule has 0 amide bonds. The molecule has 0 saturated heterocycles. The van der Waals surface area contributed by atoms with Crippen molar-refractivity contribution in [3.63, 3.8) is 0 Å². The molecule has 0 unspecified atom stereocenters. The Morgan fingerprint density at radius 1 is 1.25 bits per heavy atom. The summed E-state index contributed by atoms with van der Waals surface area (Å²) in [6.07, 6.45) is 0. The fourth-order valence-electron chi connectivity index (χ4n) is 3.51. The van der Waals surface area contributed by atoms with Crippen molar-refractivity contribution in [2.75, 3.05) is 13.7 Å². The highest BCUT2D eigenvalue weighted by Gasteiger charge is 2.26. The van der Waals surface area contributed by atoms with Gasteiger partial charge in [0.15, 0.2) is 5.69 Å². The van der Waals surface area contributed by atoms with Gasteiger partial charge in [-0.2, -0.15) is 0 Å². The Morgan fingerprint density at radius 2 is 2.03 bits per heavy atom. The van der Waals surface area contributed by atoms with Crippen LogP contribution in [0.25, 0.3) is 21.8 Å². The minimum absolute atomic E-state index is 0.00970. The number of para-hydroxylation sites is 1. The SMILES string of the molecule is CCOC(=O)c1nc(Oc2ccc(Cl)cc2[N+](=O)[O-])c2[nH]c3ccccc3c2c1COC. The lowest BCUT2D eigenvalue weighted by Gasteiger charge is -2.13. The highest BCUT2D eigenvalue weighted by molar-refractivity contribution is 6.30. The van der Waals surface area contributed by atoms with Gasteiger partial charge in [-0.1, -0.05) is 29.8 Å². The van der Waals surface area contributed by atoms with Crippen LogP contribution in [-0.2, 0) is 16.1 Å². The smallest absolute Gasteiger partial charge is 0.357 e. The fourth-order valence-corrected chi connectivity index (χ4v) is 3.68. The number of nitro benzene ring substituents is 1. The van der Waals surface area contributed by atoms with Crippen LogP contribution >= 0.6 is 11.6 Å². The molecule has 4 aromatic rings. The van der Waals surface area contributed by atoms with Crippen LogP contribution in [0.5, 0.6) is 11.6 Å². The third-order valence-corrected chi connectivity index (χ3v) is 5.04. The van der Waals surface area contributed by atoms with Crippen LogP contribution in [0.1, 0.15) is 23.0 Å². The zero-order valence-corrected chi connectivity index (χ0v) is 17.9. The highest BCUT2D eigenvalue weighted by atomic mass is 35.5. The minimum Gasteiger partial charge on any atom is -0.461 e. The van der Waals surface area contributed by atoms with Gasteiger partial charge in [-0.3, -0.25) is 10.1 Å². The third-order valence-electron chi connectivity index (χ3n) is 4.80.